The molecule has 2 rings (SSSR count). The SMILES string of the molecule is CCCCOc1n[nH]c(=O)c2nsnc12. The van der Waals surface area contributed by atoms with Crippen molar-refractivity contribution in [3.63, 3.8) is 0 Å². The second-order valence-corrected chi connectivity index (χ2v) is 3.55. The van der Waals surface area contributed by atoms with Gasteiger partial charge in [0.1, 0.15) is 0 Å². The van der Waals surface area contributed by atoms with Crippen LogP contribution in [0.3, 0.4) is 0 Å². The average molecular weight is 226 g/mol. The summed E-state index contributed by atoms with van der Waals surface area (Å²) in [6.45, 7) is 2.64. The molecular weight excluding hydrogens is 216 g/mol. The summed E-state index contributed by atoms with van der Waals surface area (Å²) in [6.07, 6.45) is 1.99. The smallest absolute Gasteiger partial charge is 0.293 e. The second-order valence-electron chi connectivity index (χ2n) is 3.02. The van der Waals surface area contributed by atoms with E-state index in [-0.39, 0.29) is 5.56 Å². The van der Waals surface area contributed by atoms with Crippen LogP contribution < -0.4 is 10.3 Å². The van der Waals surface area contributed by atoms with Gasteiger partial charge in [0.25, 0.3) is 11.4 Å². The Morgan fingerprint density at radius 2 is 2.20 bits per heavy atom. The number of H-pyrrole nitrogens is 1. The van der Waals surface area contributed by atoms with Crippen molar-refractivity contribution in [2.24, 2.45) is 0 Å². The maximum atomic E-state index is 11.3. The van der Waals surface area contributed by atoms with Crippen LogP contribution in [-0.4, -0.2) is 25.6 Å². The minimum atomic E-state index is -0.332. The summed E-state index contributed by atoms with van der Waals surface area (Å²) >= 11 is 0.980. The van der Waals surface area contributed by atoms with Gasteiger partial charge in [-0.05, 0) is 6.42 Å². The van der Waals surface area contributed by atoms with E-state index in [0.717, 1.165) is 24.6 Å². The van der Waals surface area contributed by atoms with E-state index >= 15 is 0 Å². The van der Waals surface area contributed by atoms with Crippen molar-refractivity contribution >= 4 is 22.8 Å². The predicted octanol–water partition coefficient (Wildman–Crippen LogP) is 0.954. The molecule has 0 atom stereocenters. The summed E-state index contributed by atoms with van der Waals surface area (Å²) in [4.78, 5) is 11.3. The molecule has 0 saturated heterocycles. The Morgan fingerprint density at radius 1 is 1.40 bits per heavy atom. The lowest BCUT2D eigenvalue weighted by Gasteiger charge is -2.02. The topological polar surface area (TPSA) is 80.8 Å². The van der Waals surface area contributed by atoms with E-state index < -0.39 is 0 Å². The first-order valence-corrected chi connectivity index (χ1v) is 5.39. The Morgan fingerprint density at radius 3 is 3.00 bits per heavy atom. The molecule has 0 aliphatic heterocycles. The van der Waals surface area contributed by atoms with Crippen LogP contribution >= 0.6 is 11.7 Å². The second kappa shape index (κ2) is 4.35. The van der Waals surface area contributed by atoms with Crippen LogP contribution in [0.25, 0.3) is 11.0 Å². The molecule has 2 heterocycles. The van der Waals surface area contributed by atoms with Crippen molar-refractivity contribution in [2.45, 2.75) is 19.8 Å². The van der Waals surface area contributed by atoms with Crippen molar-refractivity contribution < 1.29 is 4.74 Å². The lowest BCUT2D eigenvalue weighted by atomic mass is 10.4. The molecule has 2 aromatic rings. The highest BCUT2D eigenvalue weighted by atomic mass is 32.1. The summed E-state index contributed by atoms with van der Waals surface area (Å²) < 4.78 is 13.3. The summed E-state index contributed by atoms with van der Waals surface area (Å²) in [5, 5.41) is 6.12. The molecule has 0 saturated carbocycles. The molecule has 1 N–H and O–H groups in total. The number of ether oxygens (including phenoxy) is 1. The van der Waals surface area contributed by atoms with Gasteiger partial charge in [-0.1, -0.05) is 13.3 Å². The van der Waals surface area contributed by atoms with Gasteiger partial charge in [-0.15, -0.1) is 5.10 Å². The maximum absolute atomic E-state index is 11.3. The van der Waals surface area contributed by atoms with Gasteiger partial charge in [0.15, 0.2) is 11.0 Å². The molecular formula is C8H10N4O2S. The van der Waals surface area contributed by atoms with Crippen LogP contribution in [0.2, 0.25) is 0 Å². The minimum absolute atomic E-state index is 0.293. The van der Waals surface area contributed by atoms with Crippen molar-refractivity contribution in [1.29, 1.82) is 0 Å². The van der Waals surface area contributed by atoms with Crippen molar-refractivity contribution in [1.82, 2.24) is 18.9 Å². The standard InChI is InChI=1S/C8H10N4O2S/c1-2-3-4-14-8-6-5(11-15-12-6)7(13)9-10-8/h2-4H2,1H3,(H,9,13). The molecule has 0 unspecified atom stereocenters. The fourth-order valence-corrected chi connectivity index (χ4v) is 1.64. The summed E-state index contributed by atoms with van der Waals surface area (Å²) in [7, 11) is 0. The zero-order valence-corrected chi connectivity index (χ0v) is 9.00. The maximum Gasteiger partial charge on any atom is 0.293 e. The van der Waals surface area contributed by atoms with Crippen LogP contribution in [0.4, 0.5) is 0 Å². The van der Waals surface area contributed by atoms with Gasteiger partial charge in [-0.25, -0.2) is 5.10 Å². The molecule has 0 amide bonds. The third-order valence-corrected chi connectivity index (χ3v) is 2.43. The quantitative estimate of drug-likeness (QED) is 0.785. The molecule has 0 aromatic carbocycles. The number of aromatic amines is 1. The Bertz CT molecular complexity index is 507. The minimum Gasteiger partial charge on any atom is -0.475 e. The number of fused-ring (bicyclic) bond motifs is 1. The summed E-state index contributed by atoms with van der Waals surface area (Å²) in [6, 6.07) is 0. The van der Waals surface area contributed by atoms with E-state index in [0.29, 0.717) is 23.5 Å². The van der Waals surface area contributed by atoms with Gasteiger partial charge in [-0.3, -0.25) is 4.79 Å². The van der Waals surface area contributed by atoms with Gasteiger partial charge in [0, 0.05) is 0 Å². The Labute approximate surface area is 89.6 Å². The molecule has 0 aliphatic rings. The lowest BCUT2D eigenvalue weighted by Crippen LogP contribution is -2.10. The number of unbranched alkanes of at least 4 members (excludes halogenated alkanes) is 1. The number of hydrogen-bond acceptors (Lipinski definition) is 6. The molecule has 6 nitrogen and oxygen atoms in total. The lowest BCUT2D eigenvalue weighted by molar-refractivity contribution is 0.297. The molecule has 0 spiro atoms. The molecule has 0 aliphatic carbocycles. The number of nitrogens with one attached hydrogen (secondary N) is 1. The van der Waals surface area contributed by atoms with E-state index in [1.165, 1.54) is 0 Å². The molecule has 0 bridgehead atoms. The van der Waals surface area contributed by atoms with Crippen LogP contribution in [-0.2, 0) is 0 Å². The van der Waals surface area contributed by atoms with Crippen LogP contribution in [0, 0.1) is 0 Å². The highest BCUT2D eigenvalue weighted by molar-refractivity contribution is 7.00. The summed E-state index contributed by atoms with van der Waals surface area (Å²) in [5.41, 5.74) is 0.406. The van der Waals surface area contributed by atoms with Crippen molar-refractivity contribution in [2.75, 3.05) is 6.61 Å². The molecule has 0 fully saturated rings. The highest BCUT2D eigenvalue weighted by Crippen LogP contribution is 2.16. The molecule has 15 heavy (non-hydrogen) atoms. The van der Waals surface area contributed by atoms with Crippen molar-refractivity contribution in [3.05, 3.63) is 10.4 Å². The van der Waals surface area contributed by atoms with E-state index in [4.69, 9.17) is 4.74 Å². The predicted molar refractivity (Wildman–Crippen MR) is 56.2 cm³/mol. The van der Waals surface area contributed by atoms with Gasteiger partial charge < -0.3 is 4.74 Å². The van der Waals surface area contributed by atoms with Crippen molar-refractivity contribution in [3.8, 4) is 5.88 Å². The zero-order valence-electron chi connectivity index (χ0n) is 8.19. The fraction of sp³-hybridized carbons (Fsp3) is 0.500. The molecule has 80 valence electrons. The first-order valence-electron chi connectivity index (χ1n) is 4.66. The van der Waals surface area contributed by atoms with Gasteiger partial charge in [-0.2, -0.15) is 8.75 Å². The normalized spacial score (nSPS) is 10.7. The third kappa shape index (κ3) is 1.96. The first-order chi connectivity index (χ1) is 7.33. The molecule has 2 aromatic heterocycles. The summed E-state index contributed by atoms with van der Waals surface area (Å²) in [5.74, 6) is 0.354. The Kier molecular flexibility index (Phi) is 2.91. The number of hydrogen-bond donors (Lipinski definition) is 1. The molecule has 0 radical (unpaired) electrons. The number of nitrogens with zero attached hydrogens (tertiary/aromatic N) is 3. The van der Waals surface area contributed by atoms with Crippen LogP contribution in [0.15, 0.2) is 4.79 Å². The highest BCUT2D eigenvalue weighted by Gasteiger charge is 2.11. The molecule has 7 heteroatoms. The van der Waals surface area contributed by atoms with Crippen LogP contribution in [0.1, 0.15) is 19.8 Å². The third-order valence-electron chi connectivity index (χ3n) is 1.90. The largest absolute Gasteiger partial charge is 0.475 e. The van der Waals surface area contributed by atoms with Gasteiger partial charge in [0.2, 0.25) is 0 Å². The average Bonchev–Trinajstić information content (AvgIpc) is 2.71. The fourth-order valence-electron chi connectivity index (χ4n) is 1.10. The monoisotopic (exact) mass is 226 g/mol. The van der Waals surface area contributed by atoms with Gasteiger partial charge in [0.05, 0.1) is 18.3 Å². The number of rotatable bonds is 4. The van der Waals surface area contributed by atoms with E-state index in [2.05, 4.69) is 25.9 Å². The first kappa shape index (κ1) is 10.0. The van der Waals surface area contributed by atoms with E-state index in [1.807, 2.05) is 0 Å². The number of aromatic nitrogens is 4. The van der Waals surface area contributed by atoms with E-state index in [1.54, 1.807) is 0 Å². The van der Waals surface area contributed by atoms with E-state index in [9.17, 15) is 4.79 Å². The Balaban J connectivity index is 2.31. The van der Waals surface area contributed by atoms with Gasteiger partial charge >= 0.3 is 0 Å². The zero-order chi connectivity index (χ0) is 10.7. The Hall–Kier alpha value is -1.50. The van der Waals surface area contributed by atoms with Crippen LogP contribution in [0.5, 0.6) is 5.88 Å².